The summed E-state index contributed by atoms with van der Waals surface area (Å²) in [6.45, 7) is 0.504. The Bertz CT molecular complexity index is 808. The number of hydrogen-bond donors (Lipinski definition) is 0. The van der Waals surface area contributed by atoms with Gasteiger partial charge in [0, 0.05) is 22.7 Å². The molecule has 2 rings (SSSR count). The van der Waals surface area contributed by atoms with Gasteiger partial charge in [-0.3, -0.25) is 4.79 Å². The summed E-state index contributed by atoms with van der Waals surface area (Å²) in [5.41, 5.74) is 0.742. The van der Waals surface area contributed by atoms with Gasteiger partial charge in [-0.05, 0) is 30.7 Å². The van der Waals surface area contributed by atoms with Crippen LogP contribution in [-0.4, -0.2) is 55.9 Å². The van der Waals surface area contributed by atoms with Crippen LogP contribution in [0.15, 0.2) is 39.9 Å². The van der Waals surface area contributed by atoms with Gasteiger partial charge in [0.05, 0.1) is 37.7 Å². The number of rotatable bonds is 8. The van der Waals surface area contributed by atoms with Crippen LogP contribution in [0.5, 0.6) is 5.75 Å². The maximum atomic E-state index is 11.9. The number of nitrogens with zero attached hydrogens (tertiary/aromatic N) is 1. The van der Waals surface area contributed by atoms with E-state index in [-0.39, 0.29) is 18.3 Å². The Kier molecular flexibility index (Phi) is 8.59. The Balaban J connectivity index is 1.82. The van der Waals surface area contributed by atoms with E-state index in [1.807, 2.05) is 12.1 Å². The van der Waals surface area contributed by atoms with Gasteiger partial charge in [-0.2, -0.15) is 0 Å². The summed E-state index contributed by atoms with van der Waals surface area (Å²) in [6.07, 6.45) is 4.67. The molecule has 1 aromatic rings. The molecule has 0 saturated carbocycles. The smallest absolute Gasteiger partial charge is 0.333 e. The second-order valence-electron chi connectivity index (χ2n) is 5.58. The fourth-order valence-electron chi connectivity index (χ4n) is 2.37. The minimum absolute atomic E-state index is 0.0897. The molecule has 150 valence electrons. The first-order valence-corrected chi connectivity index (χ1v) is 10.1. The van der Waals surface area contributed by atoms with Crippen LogP contribution in [-0.2, 0) is 23.9 Å². The molecule has 1 heterocycles. The van der Waals surface area contributed by atoms with Gasteiger partial charge < -0.3 is 19.1 Å². The van der Waals surface area contributed by atoms with Crippen LogP contribution in [0.2, 0.25) is 0 Å². The number of carbonyl (C=O) groups is 3. The van der Waals surface area contributed by atoms with Gasteiger partial charge in [0.1, 0.15) is 5.75 Å². The van der Waals surface area contributed by atoms with E-state index in [9.17, 15) is 14.4 Å². The minimum atomic E-state index is -0.512. The zero-order valence-electron chi connectivity index (χ0n) is 15.5. The molecule has 0 bridgehead atoms. The summed E-state index contributed by atoms with van der Waals surface area (Å²) in [5.74, 6) is -0.175. The Morgan fingerprint density at radius 1 is 1.29 bits per heavy atom. The van der Waals surface area contributed by atoms with Crippen molar-refractivity contribution < 1.29 is 28.6 Å². The van der Waals surface area contributed by atoms with E-state index in [0.29, 0.717) is 23.7 Å². The van der Waals surface area contributed by atoms with Crippen LogP contribution in [0, 0.1) is 0 Å². The summed E-state index contributed by atoms with van der Waals surface area (Å²) < 4.78 is 15.9. The standard InChI is InChI=1S/C19H20BrNO6S/c1-25-15-6-5-14(20)10-13(15)4-7-18(23)27-9-3-8-21-16(22)12-28-17(21)11-19(24)26-2/h4-7,10-11H,3,8-9,12H2,1-2H3/b7-4+,17-11+. The van der Waals surface area contributed by atoms with Crippen molar-refractivity contribution in [2.75, 3.05) is 33.1 Å². The molecule has 0 unspecified atom stereocenters. The number of ether oxygens (including phenoxy) is 3. The van der Waals surface area contributed by atoms with Crippen LogP contribution in [0.25, 0.3) is 6.08 Å². The van der Waals surface area contributed by atoms with Crippen LogP contribution >= 0.6 is 27.7 Å². The lowest BCUT2D eigenvalue weighted by Crippen LogP contribution is -2.27. The van der Waals surface area contributed by atoms with Gasteiger partial charge in [-0.15, -0.1) is 0 Å². The summed E-state index contributed by atoms with van der Waals surface area (Å²) in [6, 6.07) is 5.46. The normalized spacial score (nSPS) is 15.3. The Morgan fingerprint density at radius 3 is 2.79 bits per heavy atom. The molecule has 0 spiro atoms. The summed E-state index contributed by atoms with van der Waals surface area (Å²) in [5, 5.41) is 0.546. The van der Waals surface area contributed by atoms with Crippen molar-refractivity contribution in [2.24, 2.45) is 0 Å². The lowest BCUT2D eigenvalue weighted by molar-refractivity contribution is -0.138. The van der Waals surface area contributed by atoms with Gasteiger partial charge in [0.2, 0.25) is 5.91 Å². The number of methoxy groups -OCH3 is 2. The van der Waals surface area contributed by atoms with Gasteiger partial charge >= 0.3 is 11.9 Å². The van der Waals surface area contributed by atoms with Gasteiger partial charge in [0.15, 0.2) is 0 Å². The molecule has 0 aromatic heterocycles. The predicted octanol–water partition coefficient (Wildman–Crippen LogP) is 2.99. The zero-order valence-corrected chi connectivity index (χ0v) is 17.9. The van der Waals surface area contributed by atoms with E-state index < -0.39 is 11.9 Å². The van der Waals surface area contributed by atoms with E-state index in [1.165, 1.54) is 35.9 Å². The van der Waals surface area contributed by atoms with E-state index >= 15 is 0 Å². The monoisotopic (exact) mass is 469 g/mol. The Morgan fingerprint density at radius 2 is 2.07 bits per heavy atom. The largest absolute Gasteiger partial charge is 0.496 e. The van der Waals surface area contributed by atoms with E-state index in [4.69, 9.17) is 9.47 Å². The molecule has 1 aliphatic rings. The summed E-state index contributed by atoms with van der Waals surface area (Å²) >= 11 is 4.65. The van der Waals surface area contributed by atoms with E-state index in [1.54, 1.807) is 19.3 Å². The van der Waals surface area contributed by atoms with Gasteiger partial charge in [-0.1, -0.05) is 27.7 Å². The topological polar surface area (TPSA) is 82.1 Å². The molecule has 0 aliphatic carbocycles. The highest BCUT2D eigenvalue weighted by Gasteiger charge is 2.26. The highest BCUT2D eigenvalue weighted by atomic mass is 79.9. The maximum Gasteiger partial charge on any atom is 0.333 e. The molecule has 1 aliphatic heterocycles. The van der Waals surface area contributed by atoms with Crippen molar-refractivity contribution in [3.63, 3.8) is 0 Å². The second kappa shape index (κ2) is 10.9. The van der Waals surface area contributed by atoms with Crippen LogP contribution < -0.4 is 4.74 Å². The van der Waals surface area contributed by atoms with Gasteiger partial charge in [0.25, 0.3) is 0 Å². The SMILES string of the molecule is COC(=O)/C=C1/SCC(=O)N1CCCOC(=O)/C=C/c1cc(Br)ccc1OC. The predicted molar refractivity (Wildman–Crippen MR) is 110 cm³/mol. The number of amides is 1. The number of halogens is 1. The number of carbonyl (C=O) groups excluding carboxylic acids is 3. The van der Waals surface area contributed by atoms with Crippen molar-refractivity contribution in [1.82, 2.24) is 4.90 Å². The zero-order chi connectivity index (χ0) is 20.5. The number of hydrogen-bond acceptors (Lipinski definition) is 7. The first kappa shape index (κ1) is 22.0. The van der Waals surface area contributed by atoms with E-state index in [0.717, 1.165) is 10.0 Å². The Hall–Kier alpha value is -2.26. The highest BCUT2D eigenvalue weighted by Crippen LogP contribution is 2.29. The molecule has 9 heteroatoms. The van der Waals surface area contributed by atoms with E-state index in [2.05, 4.69) is 20.7 Å². The average Bonchev–Trinajstić information content (AvgIpc) is 3.03. The van der Waals surface area contributed by atoms with Crippen molar-refractivity contribution in [1.29, 1.82) is 0 Å². The molecular formula is C19H20BrNO6S. The molecule has 1 aromatic carbocycles. The summed E-state index contributed by atoms with van der Waals surface area (Å²) in [7, 11) is 2.83. The van der Waals surface area contributed by atoms with Crippen molar-refractivity contribution in [2.45, 2.75) is 6.42 Å². The average molecular weight is 470 g/mol. The molecule has 7 nitrogen and oxygen atoms in total. The third kappa shape index (κ3) is 6.42. The third-order valence-electron chi connectivity index (χ3n) is 3.71. The summed E-state index contributed by atoms with van der Waals surface area (Å²) in [4.78, 5) is 36.7. The van der Waals surface area contributed by atoms with Crippen molar-refractivity contribution in [3.8, 4) is 5.75 Å². The first-order chi connectivity index (χ1) is 13.4. The van der Waals surface area contributed by atoms with Crippen molar-refractivity contribution >= 4 is 51.6 Å². The molecule has 1 fully saturated rings. The molecule has 28 heavy (non-hydrogen) atoms. The quantitative estimate of drug-likeness (QED) is 0.328. The Labute approximate surface area is 175 Å². The number of benzene rings is 1. The lowest BCUT2D eigenvalue weighted by Gasteiger charge is -2.16. The van der Waals surface area contributed by atoms with Crippen LogP contribution in [0.1, 0.15) is 12.0 Å². The fraction of sp³-hybridized carbons (Fsp3) is 0.316. The highest BCUT2D eigenvalue weighted by molar-refractivity contribution is 9.10. The number of esters is 2. The molecule has 0 N–H and O–H groups in total. The first-order valence-electron chi connectivity index (χ1n) is 8.35. The number of thioether (sulfide) groups is 1. The van der Waals surface area contributed by atoms with Crippen molar-refractivity contribution in [3.05, 3.63) is 45.4 Å². The molecule has 1 amide bonds. The molecule has 0 atom stereocenters. The minimum Gasteiger partial charge on any atom is -0.496 e. The fourth-order valence-corrected chi connectivity index (χ4v) is 3.70. The molecular weight excluding hydrogens is 450 g/mol. The van der Waals surface area contributed by atoms with Gasteiger partial charge in [-0.25, -0.2) is 9.59 Å². The maximum absolute atomic E-state index is 11.9. The lowest BCUT2D eigenvalue weighted by atomic mass is 10.2. The molecule has 0 radical (unpaired) electrons. The van der Waals surface area contributed by atoms with Crippen LogP contribution in [0.3, 0.4) is 0 Å². The second-order valence-corrected chi connectivity index (χ2v) is 7.49. The third-order valence-corrected chi connectivity index (χ3v) is 5.23. The van der Waals surface area contributed by atoms with Crippen LogP contribution in [0.4, 0.5) is 0 Å². The molecule has 1 saturated heterocycles.